The van der Waals surface area contributed by atoms with E-state index in [1.165, 1.54) is 5.57 Å². The van der Waals surface area contributed by atoms with Gasteiger partial charge in [0.2, 0.25) is 17.7 Å². The fourth-order valence-corrected chi connectivity index (χ4v) is 5.08. The van der Waals surface area contributed by atoms with Crippen LogP contribution in [-0.2, 0) is 4.74 Å². The lowest BCUT2D eigenvalue weighted by atomic mass is 9.75. The van der Waals surface area contributed by atoms with Gasteiger partial charge in [0.15, 0.2) is 0 Å². The third kappa shape index (κ3) is 5.57. The highest BCUT2D eigenvalue weighted by atomic mass is 35.5. The number of ether oxygens (including phenoxy) is 1. The first-order valence-electron chi connectivity index (χ1n) is 11.4. The minimum atomic E-state index is -0.125. The number of pyridine rings is 1. The molecule has 0 radical (unpaired) electrons. The topological polar surface area (TPSA) is 51.4 Å². The molecule has 1 fully saturated rings. The second kappa shape index (κ2) is 10.8. The van der Waals surface area contributed by atoms with E-state index in [1.807, 2.05) is 19.1 Å². The van der Waals surface area contributed by atoms with Gasteiger partial charge in [-0.15, -0.1) is 0 Å². The average molecular weight is 498 g/mol. The Morgan fingerprint density at radius 2 is 2.03 bits per heavy atom. The number of ketones is 1. The standard InChI is InChI=1S/C27H29ClN2O3S/c1-19-7-8-20(18-30(19)32-3)26(31)24-17-22(28)10-12-25(24)29-34-23-6-4-5-21(9-11-23)27(2)13-15-33-16-14-27/h4-12,17-18,23H,13-16H2,1-3H3/p+1. The SMILES string of the molecule is CO[n+]1cc(C(=O)c2cc(Cl)ccc2NSC2C=CC=C(C3(C)CCOCC3)C=C2)ccc1C. The number of nitrogens with zero attached hydrogens (tertiary/aromatic N) is 1. The van der Waals surface area contributed by atoms with Crippen molar-refractivity contribution < 1.29 is 19.1 Å². The summed E-state index contributed by atoms with van der Waals surface area (Å²) in [5.41, 5.74) is 4.14. The molecule has 1 atom stereocenters. The third-order valence-corrected chi connectivity index (χ3v) is 7.59. The maximum Gasteiger partial charge on any atom is 0.233 e. The van der Waals surface area contributed by atoms with Crippen molar-refractivity contribution in [2.75, 3.05) is 25.0 Å². The van der Waals surface area contributed by atoms with Crippen LogP contribution in [0.1, 0.15) is 41.4 Å². The number of carbonyl (C=O) groups excluding carboxylic acids is 1. The fourth-order valence-electron chi connectivity index (χ4n) is 4.14. The summed E-state index contributed by atoms with van der Waals surface area (Å²) >= 11 is 7.80. The van der Waals surface area contributed by atoms with Gasteiger partial charge in [0.05, 0.1) is 16.5 Å². The number of aryl methyl sites for hydroxylation is 1. The molecule has 1 unspecified atom stereocenters. The molecule has 178 valence electrons. The van der Waals surface area contributed by atoms with E-state index in [2.05, 4.69) is 42.0 Å². The maximum atomic E-state index is 13.3. The van der Waals surface area contributed by atoms with Crippen molar-refractivity contribution in [3.05, 3.63) is 94.3 Å². The van der Waals surface area contributed by atoms with E-state index in [1.54, 1.807) is 48.2 Å². The molecule has 7 heteroatoms. The van der Waals surface area contributed by atoms with Crippen LogP contribution in [0.2, 0.25) is 5.02 Å². The fraction of sp³-hybridized carbons (Fsp3) is 0.333. The molecule has 0 amide bonds. The van der Waals surface area contributed by atoms with Crippen LogP contribution in [0.25, 0.3) is 0 Å². The Bertz CT molecular complexity index is 1150. The number of aromatic nitrogens is 1. The molecular formula is C27H30ClN2O3S+. The zero-order chi connectivity index (χ0) is 24.1. The predicted molar refractivity (Wildman–Crippen MR) is 138 cm³/mol. The number of hydrogen-bond acceptors (Lipinski definition) is 5. The van der Waals surface area contributed by atoms with Crippen molar-refractivity contribution in [2.45, 2.75) is 31.9 Å². The van der Waals surface area contributed by atoms with Crippen LogP contribution >= 0.6 is 23.5 Å². The van der Waals surface area contributed by atoms with E-state index in [0.29, 0.717) is 16.1 Å². The zero-order valence-corrected chi connectivity index (χ0v) is 21.3. The molecule has 2 aromatic rings. The number of carbonyl (C=O) groups is 1. The number of rotatable bonds is 7. The number of halogens is 1. The van der Waals surface area contributed by atoms with Gasteiger partial charge >= 0.3 is 0 Å². The van der Waals surface area contributed by atoms with Crippen LogP contribution in [0.5, 0.6) is 0 Å². The minimum Gasteiger partial charge on any atom is -0.381 e. The molecule has 0 saturated carbocycles. The Hall–Kier alpha value is -2.54. The average Bonchev–Trinajstić information content (AvgIpc) is 3.10. The molecule has 0 bridgehead atoms. The van der Waals surface area contributed by atoms with E-state index < -0.39 is 0 Å². The molecule has 1 N–H and O–H groups in total. The summed E-state index contributed by atoms with van der Waals surface area (Å²) in [5.74, 6) is -0.125. The Balaban J connectivity index is 1.49. The van der Waals surface area contributed by atoms with Crippen molar-refractivity contribution in [1.29, 1.82) is 0 Å². The molecule has 34 heavy (non-hydrogen) atoms. The maximum absolute atomic E-state index is 13.3. The quantitative estimate of drug-likeness (QED) is 0.310. The monoisotopic (exact) mass is 497 g/mol. The lowest BCUT2D eigenvalue weighted by Crippen LogP contribution is -2.43. The normalized spacial score (nSPS) is 19.3. The van der Waals surface area contributed by atoms with Gasteiger partial charge in [-0.1, -0.05) is 48.9 Å². The first-order valence-corrected chi connectivity index (χ1v) is 12.6. The number of nitrogens with one attached hydrogen (secondary N) is 1. The number of allylic oxidation sites excluding steroid dienone is 4. The minimum absolute atomic E-state index is 0.117. The highest BCUT2D eigenvalue weighted by molar-refractivity contribution is 8.01. The summed E-state index contributed by atoms with van der Waals surface area (Å²) < 4.78 is 10.5. The summed E-state index contributed by atoms with van der Waals surface area (Å²) in [5, 5.41) is 0.629. The molecule has 1 aromatic heterocycles. The van der Waals surface area contributed by atoms with E-state index in [4.69, 9.17) is 21.2 Å². The molecule has 1 saturated heterocycles. The van der Waals surface area contributed by atoms with Gasteiger partial charge in [-0.25, -0.2) is 0 Å². The predicted octanol–water partition coefficient (Wildman–Crippen LogP) is 5.52. The molecule has 2 heterocycles. The largest absolute Gasteiger partial charge is 0.381 e. The van der Waals surface area contributed by atoms with Crippen LogP contribution in [0.15, 0.2) is 72.5 Å². The van der Waals surface area contributed by atoms with Gasteiger partial charge in [0.25, 0.3) is 0 Å². The van der Waals surface area contributed by atoms with Crippen LogP contribution in [0.3, 0.4) is 0 Å². The van der Waals surface area contributed by atoms with Crippen molar-refractivity contribution in [2.24, 2.45) is 5.41 Å². The molecular weight excluding hydrogens is 468 g/mol. The van der Waals surface area contributed by atoms with Crippen LogP contribution in [-0.4, -0.2) is 31.4 Å². The van der Waals surface area contributed by atoms with Gasteiger partial charge in [0.1, 0.15) is 7.11 Å². The summed E-state index contributed by atoms with van der Waals surface area (Å²) in [6.45, 7) is 5.85. The van der Waals surface area contributed by atoms with E-state index in [0.717, 1.165) is 37.4 Å². The van der Waals surface area contributed by atoms with E-state index >= 15 is 0 Å². The van der Waals surface area contributed by atoms with Gasteiger partial charge < -0.3 is 9.46 Å². The molecule has 0 spiro atoms. The molecule has 5 nitrogen and oxygen atoms in total. The van der Waals surface area contributed by atoms with E-state index in [9.17, 15) is 4.79 Å². The summed E-state index contributed by atoms with van der Waals surface area (Å²) in [4.78, 5) is 18.7. The highest BCUT2D eigenvalue weighted by Crippen LogP contribution is 2.39. The van der Waals surface area contributed by atoms with Crippen LogP contribution in [0, 0.1) is 12.3 Å². The second-order valence-electron chi connectivity index (χ2n) is 8.81. The second-order valence-corrected chi connectivity index (χ2v) is 10.2. The van der Waals surface area contributed by atoms with Gasteiger partial charge in [-0.05, 0) is 60.0 Å². The van der Waals surface area contributed by atoms with Crippen molar-refractivity contribution >= 4 is 35.0 Å². The molecule has 1 aromatic carbocycles. The van der Waals surface area contributed by atoms with Crippen LogP contribution < -0.4 is 14.3 Å². The number of benzene rings is 1. The Morgan fingerprint density at radius 3 is 2.79 bits per heavy atom. The number of anilines is 1. The summed E-state index contributed by atoms with van der Waals surface area (Å²) in [6, 6.07) is 8.99. The molecule has 1 aliphatic carbocycles. The Labute approximate surface area is 210 Å². The summed E-state index contributed by atoms with van der Waals surface area (Å²) in [6.07, 6.45) is 14.7. The van der Waals surface area contributed by atoms with Crippen molar-refractivity contribution in [1.82, 2.24) is 0 Å². The zero-order valence-electron chi connectivity index (χ0n) is 19.7. The smallest absolute Gasteiger partial charge is 0.233 e. The third-order valence-electron chi connectivity index (χ3n) is 6.43. The first kappa shape index (κ1) is 24.6. The van der Waals surface area contributed by atoms with Gasteiger partial charge in [-0.3, -0.25) is 9.63 Å². The first-order chi connectivity index (χ1) is 16.4. The van der Waals surface area contributed by atoms with E-state index in [-0.39, 0.29) is 16.4 Å². The Kier molecular flexibility index (Phi) is 7.81. The lowest BCUT2D eigenvalue weighted by Gasteiger charge is -2.34. The van der Waals surface area contributed by atoms with Gasteiger partial charge in [-0.2, -0.15) is 0 Å². The lowest BCUT2D eigenvalue weighted by molar-refractivity contribution is -0.889. The number of hydrogen-bond donors (Lipinski definition) is 1. The summed E-state index contributed by atoms with van der Waals surface area (Å²) in [7, 11) is 1.57. The van der Waals surface area contributed by atoms with Crippen molar-refractivity contribution in [3.8, 4) is 0 Å². The van der Waals surface area contributed by atoms with Crippen molar-refractivity contribution in [3.63, 3.8) is 0 Å². The molecule has 2 aliphatic rings. The van der Waals surface area contributed by atoms with Crippen LogP contribution in [0.4, 0.5) is 5.69 Å². The Morgan fingerprint density at radius 1 is 1.24 bits per heavy atom. The molecule has 4 rings (SSSR count). The highest BCUT2D eigenvalue weighted by Gasteiger charge is 2.30. The van der Waals surface area contributed by atoms with Gasteiger partial charge in [0, 0.05) is 41.5 Å². The molecule has 1 aliphatic heterocycles.